The number of halogens is 1. The first kappa shape index (κ1) is 17.9. The summed E-state index contributed by atoms with van der Waals surface area (Å²) < 4.78 is 5.85. The van der Waals surface area contributed by atoms with Crippen LogP contribution in [0, 0.1) is 11.3 Å². The van der Waals surface area contributed by atoms with Gasteiger partial charge in [0.05, 0.1) is 6.61 Å². The number of aromatic nitrogens is 2. The summed E-state index contributed by atoms with van der Waals surface area (Å²) in [4.78, 5) is 7.49. The Bertz CT molecular complexity index is 1160. The van der Waals surface area contributed by atoms with Gasteiger partial charge in [-0.1, -0.05) is 35.9 Å². The van der Waals surface area contributed by atoms with Gasteiger partial charge in [-0.2, -0.15) is 5.26 Å². The van der Waals surface area contributed by atoms with E-state index in [1.807, 2.05) is 54.7 Å². The summed E-state index contributed by atoms with van der Waals surface area (Å²) >= 11 is 6.18. The zero-order valence-corrected chi connectivity index (χ0v) is 15.7. The van der Waals surface area contributed by atoms with Crippen molar-refractivity contribution < 1.29 is 4.74 Å². The molecule has 0 amide bonds. The Morgan fingerprint density at radius 3 is 2.86 bits per heavy atom. The second-order valence-electron chi connectivity index (χ2n) is 6.28. The highest BCUT2D eigenvalue weighted by molar-refractivity contribution is 6.31. The Hall–Kier alpha value is -3.49. The number of aromatic amines is 1. The molecule has 2 heterocycles. The molecule has 0 spiro atoms. The molecule has 28 heavy (non-hydrogen) atoms. The number of hydrogen-bond acceptors (Lipinski definition) is 4. The van der Waals surface area contributed by atoms with E-state index in [0.717, 1.165) is 27.2 Å². The molecule has 0 bridgehead atoms. The van der Waals surface area contributed by atoms with Crippen LogP contribution in [0.1, 0.15) is 11.3 Å². The van der Waals surface area contributed by atoms with Crippen molar-refractivity contribution in [2.75, 3.05) is 11.9 Å². The maximum absolute atomic E-state index is 9.29. The van der Waals surface area contributed by atoms with Gasteiger partial charge in [-0.25, -0.2) is 4.98 Å². The molecular weight excluding hydrogens is 372 g/mol. The molecular formula is C22H17ClN4O. The number of H-pyrrole nitrogens is 1. The van der Waals surface area contributed by atoms with Gasteiger partial charge < -0.3 is 15.0 Å². The van der Waals surface area contributed by atoms with Crippen LogP contribution in [0.5, 0.6) is 5.75 Å². The molecule has 0 aliphatic heterocycles. The molecule has 0 radical (unpaired) electrons. The van der Waals surface area contributed by atoms with Crippen LogP contribution in [-0.2, 0) is 6.42 Å². The Kier molecular flexibility index (Phi) is 5.14. The summed E-state index contributed by atoms with van der Waals surface area (Å²) in [6.07, 6.45) is 2.57. The third-order valence-electron chi connectivity index (χ3n) is 4.34. The van der Waals surface area contributed by atoms with Crippen molar-refractivity contribution in [3.05, 3.63) is 83.1 Å². The minimum Gasteiger partial charge on any atom is -0.493 e. The molecule has 0 saturated carbocycles. The van der Waals surface area contributed by atoms with Crippen LogP contribution in [0.25, 0.3) is 10.9 Å². The van der Waals surface area contributed by atoms with Gasteiger partial charge in [-0.15, -0.1) is 0 Å². The highest BCUT2D eigenvalue weighted by Crippen LogP contribution is 2.24. The topological polar surface area (TPSA) is 73.7 Å². The highest BCUT2D eigenvalue weighted by atomic mass is 35.5. The second-order valence-corrected chi connectivity index (χ2v) is 6.69. The number of rotatable bonds is 6. The molecule has 2 N–H and O–H groups in total. The standard InChI is InChI=1S/C22H17ClN4O/c23-20-4-2-1-3-15(20)8-10-28-19-11-18(14-24)27-22(13-19)26-17-6-5-16-7-9-25-21(16)12-17/h1-7,9,11-13,25H,8,10H2,(H,26,27). The molecule has 4 aromatic rings. The van der Waals surface area contributed by atoms with Gasteiger partial charge in [0.2, 0.25) is 0 Å². The fourth-order valence-electron chi connectivity index (χ4n) is 2.96. The lowest BCUT2D eigenvalue weighted by Crippen LogP contribution is -2.03. The van der Waals surface area contributed by atoms with Crippen molar-refractivity contribution in [2.24, 2.45) is 0 Å². The Balaban J connectivity index is 1.49. The van der Waals surface area contributed by atoms with Crippen LogP contribution in [0.3, 0.4) is 0 Å². The molecule has 6 heteroatoms. The summed E-state index contributed by atoms with van der Waals surface area (Å²) in [5.41, 5.74) is 3.22. The summed E-state index contributed by atoms with van der Waals surface area (Å²) in [7, 11) is 0. The number of nitrogens with zero attached hydrogens (tertiary/aromatic N) is 2. The molecule has 5 nitrogen and oxygen atoms in total. The summed E-state index contributed by atoms with van der Waals surface area (Å²) in [6.45, 7) is 0.451. The van der Waals surface area contributed by atoms with E-state index < -0.39 is 0 Å². The second kappa shape index (κ2) is 8.03. The molecule has 0 atom stereocenters. The molecule has 4 rings (SSSR count). The SMILES string of the molecule is N#Cc1cc(OCCc2ccccc2Cl)cc(Nc2ccc3cc[nH]c3c2)n1. The minimum absolute atomic E-state index is 0.290. The quantitative estimate of drug-likeness (QED) is 0.460. The molecule has 0 unspecified atom stereocenters. The fourth-order valence-corrected chi connectivity index (χ4v) is 3.19. The number of hydrogen-bond donors (Lipinski definition) is 2. The molecule has 0 saturated heterocycles. The largest absolute Gasteiger partial charge is 0.493 e. The lowest BCUT2D eigenvalue weighted by atomic mass is 10.2. The Morgan fingerprint density at radius 2 is 2.00 bits per heavy atom. The predicted molar refractivity (Wildman–Crippen MR) is 111 cm³/mol. The number of benzene rings is 2. The van der Waals surface area contributed by atoms with Gasteiger partial charge >= 0.3 is 0 Å². The van der Waals surface area contributed by atoms with Crippen molar-refractivity contribution in [3.63, 3.8) is 0 Å². The summed E-state index contributed by atoms with van der Waals surface area (Å²) in [5, 5.41) is 14.4. The highest BCUT2D eigenvalue weighted by Gasteiger charge is 2.06. The van der Waals surface area contributed by atoms with Crippen LogP contribution in [-0.4, -0.2) is 16.6 Å². The molecule has 0 fully saturated rings. The van der Waals surface area contributed by atoms with Gasteiger partial charge in [-0.05, 0) is 35.2 Å². The predicted octanol–water partition coefficient (Wildman–Crippen LogP) is 5.45. The lowest BCUT2D eigenvalue weighted by molar-refractivity contribution is 0.321. The monoisotopic (exact) mass is 388 g/mol. The van der Waals surface area contributed by atoms with E-state index >= 15 is 0 Å². The van der Waals surface area contributed by atoms with Crippen molar-refractivity contribution in [2.45, 2.75) is 6.42 Å². The number of nitriles is 1. The minimum atomic E-state index is 0.290. The zero-order valence-electron chi connectivity index (χ0n) is 14.9. The summed E-state index contributed by atoms with van der Waals surface area (Å²) in [6, 6.07) is 21.2. The lowest BCUT2D eigenvalue weighted by Gasteiger charge is -2.11. The number of pyridine rings is 1. The third-order valence-corrected chi connectivity index (χ3v) is 4.71. The average molecular weight is 389 g/mol. The zero-order chi connectivity index (χ0) is 19.3. The molecule has 0 aliphatic rings. The van der Waals surface area contributed by atoms with E-state index in [-0.39, 0.29) is 0 Å². The summed E-state index contributed by atoms with van der Waals surface area (Å²) in [5.74, 6) is 1.14. The number of ether oxygens (including phenoxy) is 1. The normalized spacial score (nSPS) is 10.6. The molecule has 2 aromatic heterocycles. The van der Waals surface area contributed by atoms with Crippen LogP contribution in [0.4, 0.5) is 11.5 Å². The van der Waals surface area contributed by atoms with E-state index in [1.54, 1.807) is 12.1 Å². The number of anilines is 2. The van der Waals surface area contributed by atoms with Gasteiger partial charge in [0.15, 0.2) is 0 Å². The Morgan fingerprint density at radius 1 is 1.11 bits per heavy atom. The average Bonchev–Trinajstić information content (AvgIpc) is 3.17. The number of nitrogens with one attached hydrogen (secondary N) is 2. The van der Waals surface area contributed by atoms with E-state index in [9.17, 15) is 5.26 Å². The third kappa shape index (κ3) is 4.08. The first-order chi connectivity index (χ1) is 13.7. The van der Waals surface area contributed by atoms with Gasteiger partial charge in [0.1, 0.15) is 23.3 Å². The fraction of sp³-hybridized carbons (Fsp3) is 0.0909. The first-order valence-corrected chi connectivity index (χ1v) is 9.21. The smallest absolute Gasteiger partial charge is 0.146 e. The van der Waals surface area contributed by atoms with Gasteiger partial charge in [-0.3, -0.25) is 0 Å². The van der Waals surface area contributed by atoms with Crippen LogP contribution in [0.2, 0.25) is 5.02 Å². The molecule has 0 aliphatic carbocycles. The van der Waals surface area contributed by atoms with E-state index in [0.29, 0.717) is 30.3 Å². The van der Waals surface area contributed by atoms with Crippen molar-refractivity contribution in [1.82, 2.24) is 9.97 Å². The Labute approximate surface area is 167 Å². The van der Waals surface area contributed by atoms with Crippen LogP contribution >= 0.6 is 11.6 Å². The van der Waals surface area contributed by atoms with Crippen LogP contribution < -0.4 is 10.1 Å². The van der Waals surface area contributed by atoms with E-state index in [2.05, 4.69) is 21.4 Å². The van der Waals surface area contributed by atoms with E-state index in [4.69, 9.17) is 16.3 Å². The van der Waals surface area contributed by atoms with Crippen molar-refractivity contribution >= 4 is 34.0 Å². The maximum atomic E-state index is 9.29. The van der Waals surface area contributed by atoms with Crippen molar-refractivity contribution in [1.29, 1.82) is 5.26 Å². The first-order valence-electron chi connectivity index (χ1n) is 8.84. The molecule has 138 valence electrons. The molecule has 2 aromatic carbocycles. The van der Waals surface area contributed by atoms with E-state index in [1.165, 1.54) is 0 Å². The maximum Gasteiger partial charge on any atom is 0.146 e. The van der Waals surface area contributed by atoms with Crippen LogP contribution in [0.15, 0.2) is 66.9 Å². The van der Waals surface area contributed by atoms with Gasteiger partial charge in [0, 0.05) is 41.0 Å². The number of fused-ring (bicyclic) bond motifs is 1. The van der Waals surface area contributed by atoms with Crippen molar-refractivity contribution in [3.8, 4) is 11.8 Å². The van der Waals surface area contributed by atoms with Gasteiger partial charge in [0.25, 0.3) is 0 Å².